The number of nitrogens with zero attached hydrogens (tertiary/aromatic N) is 1. The fraction of sp³-hybridized carbons (Fsp3) is 0.810. The molecule has 7 unspecified atom stereocenters. The van der Waals surface area contributed by atoms with Crippen LogP contribution in [0.4, 0.5) is 0 Å². The SMILES string of the molecule is C=C(C)CC1CC(C)C2CCC(C)([N-]C)C3CCC(=C)C1C23. The fourth-order valence-corrected chi connectivity index (χ4v) is 6.40. The molecule has 0 amide bonds. The lowest BCUT2D eigenvalue weighted by atomic mass is 9.46. The zero-order chi connectivity index (χ0) is 16.1. The average molecular weight is 301 g/mol. The summed E-state index contributed by atoms with van der Waals surface area (Å²) in [4.78, 5) is 0. The molecule has 0 N–H and O–H groups in total. The van der Waals surface area contributed by atoms with E-state index in [1.807, 2.05) is 0 Å². The molecule has 3 saturated carbocycles. The first-order valence-electron chi connectivity index (χ1n) is 9.30. The van der Waals surface area contributed by atoms with E-state index in [2.05, 4.69) is 41.0 Å². The average Bonchev–Trinajstić information content (AvgIpc) is 2.45. The number of allylic oxidation sites excluding steroid dienone is 2. The summed E-state index contributed by atoms with van der Waals surface area (Å²) in [6.45, 7) is 15.9. The Hall–Kier alpha value is -0.560. The smallest absolute Gasteiger partial charge is 0.0141 e. The Balaban J connectivity index is 1.96. The second-order valence-corrected chi connectivity index (χ2v) is 8.82. The molecular formula is C21H34N-. The van der Waals surface area contributed by atoms with Crippen molar-refractivity contribution in [3.05, 3.63) is 29.6 Å². The van der Waals surface area contributed by atoms with Gasteiger partial charge in [-0.2, -0.15) is 7.05 Å². The Bertz CT molecular complexity index is 465. The summed E-state index contributed by atoms with van der Waals surface area (Å²) in [5.41, 5.74) is 3.11. The zero-order valence-electron chi connectivity index (χ0n) is 15.1. The van der Waals surface area contributed by atoms with Crippen LogP contribution >= 0.6 is 0 Å². The first-order valence-corrected chi connectivity index (χ1v) is 9.30. The molecule has 0 aromatic carbocycles. The standard InChI is InChI=1S/C21H34N/c1-13(2)11-16-12-15(4)17-9-10-21(5,22-6)18-8-7-14(3)19(16)20(17)18/h15-20H,1,3,7-12H2,2,4-6H3/q-1. The highest BCUT2D eigenvalue weighted by Gasteiger charge is 2.53. The van der Waals surface area contributed by atoms with Crippen molar-refractivity contribution in [1.29, 1.82) is 0 Å². The zero-order valence-corrected chi connectivity index (χ0v) is 15.1. The summed E-state index contributed by atoms with van der Waals surface area (Å²) >= 11 is 0. The van der Waals surface area contributed by atoms with Crippen LogP contribution < -0.4 is 0 Å². The lowest BCUT2D eigenvalue weighted by molar-refractivity contribution is -0.0507. The first kappa shape index (κ1) is 16.3. The van der Waals surface area contributed by atoms with Gasteiger partial charge in [-0.25, -0.2) is 0 Å². The van der Waals surface area contributed by atoms with E-state index in [9.17, 15) is 0 Å². The third kappa shape index (κ3) is 2.50. The van der Waals surface area contributed by atoms with Gasteiger partial charge in [-0.1, -0.05) is 50.3 Å². The molecule has 7 atom stereocenters. The van der Waals surface area contributed by atoms with Crippen LogP contribution in [0.5, 0.6) is 0 Å². The molecule has 3 fully saturated rings. The maximum Gasteiger partial charge on any atom is -0.0141 e. The lowest BCUT2D eigenvalue weighted by Gasteiger charge is -2.65. The Kier molecular flexibility index (Phi) is 4.31. The molecule has 3 aliphatic carbocycles. The van der Waals surface area contributed by atoms with E-state index in [1.54, 1.807) is 5.57 Å². The Labute approximate surface area is 137 Å². The van der Waals surface area contributed by atoms with Gasteiger partial charge in [0.1, 0.15) is 0 Å². The van der Waals surface area contributed by atoms with Crippen molar-refractivity contribution in [2.75, 3.05) is 7.05 Å². The molecule has 0 spiro atoms. The van der Waals surface area contributed by atoms with Gasteiger partial charge in [-0.15, -0.1) is 12.1 Å². The predicted octanol–water partition coefficient (Wildman–Crippen LogP) is 5.98. The summed E-state index contributed by atoms with van der Waals surface area (Å²) in [5.74, 6) is 4.89. The number of hydrogen-bond donors (Lipinski definition) is 0. The molecule has 124 valence electrons. The van der Waals surface area contributed by atoms with Gasteiger partial charge in [-0.3, -0.25) is 0 Å². The second-order valence-electron chi connectivity index (χ2n) is 8.82. The van der Waals surface area contributed by atoms with Gasteiger partial charge >= 0.3 is 0 Å². The Morgan fingerprint density at radius 3 is 2.73 bits per heavy atom. The highest BCUT2D eigenvalue weighted by atomic mass is 15.0. The van der Waals surface area contributed by atoms with Crippen molar-refractivity contribution in [3.8, 4) is 0 Å². The molecule has 3 aliphatic rings. The normalized spacial score (nSPS) is 47.9. The first-order chi connectivity index (χ1) is 10.4. The van der Waals surface area contributed by atoms with Gasteiger partial charge in [0.25, 0.3) is 0 Å². The second kappa shape index (κ2) is 5.82. The van der Waals surface area contributed by atoms with Crippen LogP contribution in [0.1, 0.15) is 59.3 Å². The van der Waals surface area contributed by atoms with Crippen molar-refractivity contribution in [2.45, 2.75) is 64.8 Å². The van der Waals surface area contributed by atoms with Crippen LogP contribution in [0.2, 0.25) is 0 Å². The van der Waals surface area contributed by atoms with Gasteiger partial charge in [-0.05, 0) is 62.2 Å². The fourth-order valence-electron chi connectivity index (χ4n) is 6.40. The Morgan fingerprint density at radius 2 is 2.09 bits per heavy atom. The molecule has 0 aliphatic heterocycles. The van der Waals surface area contributed by atoms with Crippen molar-refractivity contribution >= 4 is 0 Å². The van der Waals surface area contributed by atoms with Gasteiger partial charge in [0.2, 0.25) is 0 Å². The third-order valence-electron chi connectivity index (χ3n) is 7.44. The van der Waals surface area contributed by atoms with E-state index >= 15 is 0 Å². The lowest BCUT2D eigenvalue weighted by Crippen LogP contribution is -2.55. The van der Waals surface area contributed by atoms with Crippen molar-refractivity contribution in [1.82, 2.24) is 0 Å². The van der Waals surface area contributed by atoms with Crippen LogP contribution in [-0.4, -0.2) is 12.6 Å². The van der Waals surface area contributed by atoms with Gasteiger partial charge in [0.15, 0.2) is 0 Å². The minimum atomic E-state index is 0.213. The molecule has 0 aromatic rings. The molecule has 0 bridgehead atoms. The van der Waals surface area contributed by atoms with E-state index in [0.717, 1.165) is 35.5 Å². The van der Waals surface area contributed by atoms with Crippen LogP contribution in [0.3, 0.4) is 0 Å². The van der Waals surface area contributed by atoms with Crippen LogP contribution in [0, 0.1) is 35.5 Å². The molecule has 1 heteroatoms. The maximum atomic E-state index is 4.88. The molecule has 0 aromatic heterocycles. The van der Waals surface area contributed by atoms with E-state index in [0.29, 0.717) is 0 Å². The summed E-state index contributed by atoms with van der Waals surface area (Å²) in [6, 6.07) is 0. The van der Waals surface area contributed by atoms with Gasteiger partial charge in [0, 0.05) is 0 Å². The van der Waals surface area contributed by atoms with Gasteiger partial charge in [0.05, 0.1) is 0 Å². The minimum Gasteiger partial charge on any atom is -0.659 e. The van der Waals surface area contributed by atoms with Crippen molar-refractivity contribution in [2.24, 2.45) is 35.5 Å². The summed E-state index contributed by atoms with van der Waals surface area (Å²) < 4.78 is 0. The predicted molar refractivity (Wildman–Crippen MR) is 96.0 cm³/mol. The highest BCUT2D eigenvalue weighted by molar-refractivity contribution is 5.22. The van der Waals surface area contributed by atoms with Crippen molar-refractivity contribution < 1.29 is 0 Å². The van der Waals surface area contributed by atoms with Crippen LogP contribution in [-0.2, 0) is 0 Å². The molecule has 0 radical (unpaired) electrons. The van der Waals surface area contributed by atoms with E-state index in [1.165, 1.54) is 44.1 Å². The minimum absolute atomic E-state index is 0.213. The number of rotatable bonds is 3. The van der Waals surface area contributed by atoms with E-state index < -0.39 is 0 Å². The summed E-state index contributed by atoms with van der Waals surface area (Å²) in [6.07, 6.45) is 7.79. The molecule has 1 nitrogen and oxygen atoms in total. The van der Waals surface area contributed by atoms with Crippen LogP contribution in [0.25, 0.3) is 5.32 Å². The quantitative estimate of drug-likeness (QED) is 0.569. The largest absolute Gasteiger partial charge is 0.659 e. The Morgan fingerprint density at radius 1 is 1.36 bits per heavy atom. The molecule has 0 heterocycles. The van der Waals surface area contributed by atoms with Crippen molar-refractivity contribution in [3.63, 3.8) is 0 Å². The highest BCUT2D eigenvalue weighted by Crippen LogP contribution is 2.61. The van der Waals surface area contributed by atoms with E-state index in [4.69, 9.17) is 5.32 Å². The van der Waals surface area contributed by atoms with Gasteiger partial charge < -0.3 is 5.32 Å². The summed E-state index contributed by atoms with van der Waals surface area (Å²) in [5, 5.41) is 4.88. The molecule has 0 saturated heterocycles. The number of hydrogen-bond acceptors (Lipinski definition) is 0. The molecule has 22 heavy (non-hydrogen) atoms. The van der Waals surface area contributed by atoms with E-state index in [-0.39, 0.29) is 5.54 Å². The topological polar surface area (TPSA) is 14.1 Å². The molecular weight excluding hydrogens is 266 g/mol. The van der Waals surface area contributed by atoms with Crippen LogP contribution in [0.15, 0.2) is 24.3 Å². The third-order valence-corrected chi connectivity index (χ3v) is 7.44. The molecule has 3 rings (SSSR count). The maximum absolute atomic E-state index is 4.88. The monoisotopic (exact) mass is 300 g/mol. The summed E-state index contributed by atoms with van der Waals surface area (Å²) in [7, 11) is 2.05.